The van der Waals surface area contributed by atoms with Crippen LogP contribution in [0.15, 0.2) is 77.9 Å². The standard InChI is InChI=1S/C24H20N4O6/c1-33-19-6-3-5-17(13-19)24(32)34-20-7-2-4-15(12-20)14-26-28-23(31)22(30)27-18-10-8-16(9-11-18)21(25)29/h2-14H,1H3,(H2,25,29)(H,27,30)(H,28,31)/b26-14+. The Kier molecular flexibility index (Phi) is 7.69. The molecule has 0 heterocycles. The number of nitrogens with two attached hydrogens (primary N) is 1. The van der Waals surface area contributed by atoms with E-state index in [1.807, 2.05) is 0 Å². The minimum Gasteiger partial charge on any atom is -0.497 e. The van der Waals surface area contributed by atoms with E-state index >= 15 is 0 Å². The summed E-state index contributed by atoms with van der Waals surface area (Å²) in [5.41, 5.74) is 8.66. The van der Waals surface area contributed by atoms with Gasteiger partial charge in [-0.1, -0.05) is 18.2 Å². The molecule has 3 rings (SSSR count). The first kappa shape index (κ1) is 23.7. The van der Waals surface area contributed by atoms with Crippen LogP contribution in [0.3, 0.4) is 0 Å². The third-order valence-electron chi connectivity index (χ3n) is 4.39. The van der Waals surface area contributed by atoms with E-state index in [1.165, 1.54) is 43.7 Å². The van der Waals surface area contributed by atoms with E-state index < -0.39 is 23.7 Å². The Labute approximate surface area is 194 Å². The molecule has 4 N–H and O–H groups in total. The Morgan fingerprint density at radius 3 is 2.26 bits per heavy atom. The van der Waals surface area contributed by atoms with Gasteiger partial charge in [0.15, 0.2) is 0 Å². The number of ether oxygens (including phenoxy) is 2. The average Bonchev–Trinajstić information content (AvgIpc) is 2.84. The molecular formula is C24H20N4O6. The van der Waals surface area contributed by atoms with Crippen molar-refractivity contribution in [2.24, 2.45) is 10.8 Å². The van der Waals surface area contributed by atoms with Gasteiger partial charge in [0, 0.05) is 11.3 Å². The van der Waals surface area contributed by atoms with Gasteiger partial charge in [-0.25, -0.2) is 10.2 Å². The molecule has 0 aliphatic carbocycles. The van der Waals surface area contributed by atoms with Gasteiger partial charge in [-0.3, -0.25) is 14.4 Å². The van der Waals surface area contributed by atoms with Crippen LogP contribution in [0.25, 0.3) is 0 Å². The largest absolute Gasteiger partial charge is 0.497 e. The molecule has 10 nitrogen and oxygen atoms in total. The van der Waals surface area contributed by atoms with Crippen molar-refractivity contribution in [2.45, 2.75) is 0 Å². The minimum atomic E-state index is -1.00. The molecule has 0 aliphatic heterocycles. The van der Waals surface area contributed by atoms with Crippen LogP contribution in [0.5, 0.6) is 11.5 Å². The topological polar surface area (TPSA) is 149 Å². The van der Waals surface area contributed by atoms with Gasteiger partial charge in [0.05, 0.1) is 18.9 Å². The van der Waals surface area contributed by atoms with Crippen LogP contribution in [-0.2, 0) is 9.59 Å². The molecule has 0 unspecified atom stereocenters. The number of nitrogens with one attached hydrogen (secondary N) is 2. The van der Waals surface area contributed by atoms with E-state index in [0.29, 0.717) is 22.6 Å². The summed E-state index contributed by atoms with van der Waals surface area (Å²) in [6.07, 6.45) is 1.29. The summed E-state index contributed by atoms with van der Waals surface area (Å²) in [5.74, 6) is -2.34. The maximum absolute atomic E-state index is 12.3. The van der Waals surface area contributed by atoms with Crippen molar-refractivity contribution in [1.82, 2.24) is 5.43 Å². The SMILES string of the molecule is COc1cccc(C(=O)Oc2cccc(/C=N/NC(=O)C(=O)Nc3ccc(C(N)=O)cc3)c2)c1. The van der Waals surface area contributed by atoms with Gasteiger partial charge in [0.25, 0.3) is 0 Å². The quantitative estimate of drug-likeness (QED) is 0.162. The first-order chi connectivity index (χ1) is 16.4. The number of carbonyl (C=O) groups is 4. The van der Waals surface area contributed by atoms with Gasteiger partial charge in [-0.15, -0.1) is 0 Å². The van der Waals surface area contributed by atoms with E-state index in [9.17, 15) is 19.2 Å². The summed E-state index contributed by atoms with van der Waals surface area (Å²) >= 11 is 0. The fourth-order valence-corrected chi connectivity index (χ4v) is 2.70. The van der Waals surface area contributed by atoms with Crippen LogP contribution in [0, 0.1) is 0 Å². The molecule has 0 aliphatic rings. The lowest BCUT2D eigenvalue weighted by Gasteiger charge is -2.06. The Hall–Kier alpha value is -4.99. The zero-order chi connectivity index (χ0) is 24.5. The molecule has 3 aromatic carbocycles. The fraction of sp³-hybridized carbons (Fsp3) is 0.0417. The monoisotopic (exact) mass is 460 g/mol. The molecule has 0 saturated heterocycles. The van der Waals surface area contributed by atoms with Crippen molar-refractivity contribution in [2.75, 3.05) is 12.4 Å². The average molecular weight is 460 g/mol. The fourth-order valence-electron chi connectivity index (χ4n) is 2.70. The molecule has 0 atom stereocenters. The third kappa shape index (κ3) is 6.50. The molecule has 0 saturated carbocycles. The van der Waals surface area contributed by atoms with E-state index in [2.05, 4.69) is 15.8 Å². The minimum absolute atomic E-state index is 0.264. The van der Waals surface area contributed by atoms with Gasteiger partial charge >= 0.3 is 17.8 Å². The number of amides is 3. The first-order valence-electron chi connectivity index (χ1n) is 9.86. The van der Waals surface area contributed by atoms with Crippen LogP contribution >= 0.6 is 0 Å². The summed E-state index contributed by atoms with van der Waals surface area (Å²) in [6.45, 7) is 0. The molecule has 172 valence electrons. The maximum atomic E-state index is 12.3. The zero-order valence-corrected chi connectivity index (χ0v) is 18.0. The van der Waals surface area contributed by atoms with Crippen LogP contribution in [-0.4, -0.2) is 37.0 Å². The van der Waals surface area contributed by atoms with Crippen molar-refractivity contribution in [3.8, 4) is 11.5 Å². The smallest absolute Gasteiger partial charge is 0.343 e. The predicted octanol–water partition coefficient (Wildman–Crippen LogP) is 2.10. The van der Waals surface area contributed by atoms with Gasteiger partial charge in [-0.2, -0.15) is 5.10 Å². The number of esters is 1. The molecule has 0 fully saturated rings. The molecule has 0 radical (unpaired) electrons. The Bertz CT molecular complexity index is 1250. The van der Waals surface area contributed by atoms with E-state index in [1.54, 1.807) is 42.5 Å². The summed E-state index contributed by atoms with van der Waals surface area (Å²) in [6, 6.07) is 18.7. The van der Waals surface area contributed by atoms with Crippen molar-refractivity contribution >= 4 is 35.6 Å². The van der Waals surface area contributed by atoms with Crippen LogP contribution < -0.4 is 25.9 Å². The molecule has 0 spiro atoms. The number of benzene rings is 3. The van der Waals surface area contributed by atoms with Gasteiger partial charge in [0.2, 0.25) is 5.91 Å². The summed E-state index contributed by atoms with van der Waals surface area (Å²) in [4.78, 5) is 47.3. The number of methoxy groups -OCH3 is 1. The van der Waals surface area contributed by atoms with E-state index in [0.717, 1.165) is 0 Å². The van der Waals surface area contributed by atoms with Gasteiger partial charge < -0.3 is 20.5 Å². The van der Waals surface area contributed by atoms with Crippen molar-refractivity contribution < 1.29 is 28.7 Å². The highest BCUT2D eigenvalue weighted by atomic mass is 16.5. The highest BCUT2D eigenvalue weighted by Gasteiger charge is 2.13. The lowest BCUT2D eigenvalue weighted by molar-refractivity contribution is -0.136. The summed E-state index contributed by atoms with van der Waals surface area (Å²) in [7, 11) is 1.50. The number of hydrogen-bond donors (Lipinski definition) is 3. The van der Waals surface area contributed by atoms with E-state index in [4.69, 9.17) is 15.2 Å². The maximum Gasteiger partial charge on any atom is 0.343 e. The normalized spacial score (nSPS) is 10.4. The molecule has 34 heavy (non-hydrogen) atoms. The second kappa shape index (κ2) is 11.0. The molecule has 0 bridgehead atoms. The Morgan fingerprint density at radius 2 is 1.56 bits per heavy atom. The Morgan fingerprint density at radius 1 is 0.853 bits per heavy atom. The number of nitrogens with zero attached hydrogens (tertiary/aromatic N) is 1. The molecule has 3 aromatic rings. The first-order valence-corrected chi connectivity index (χ1v) is 9.86. The van der Waals surface area contributed by atoms with Crippen LogP contribution in [0.4, 0.5) is 5.69 Å². The summed E-state index contributed by atoms with van der Waals surface area (Å²) in [5, 5.41) is 6.11. The van der Waals surface area contributed by atoms with Crippen molar-refractivity contribution in [3.05, 3.63) is 89.5 Å². The highest BCUT2D eigenvalue weighted by molar-refractivity contribution is 6.39. The number of rotatable bonds is 7. The molecule has 0 aromatic heterocycles. The van der Waals surface area contributed by atoms with Crippen LogP contribution in [0.2, 0.25) is 0 Å². The van der Waals surface area contributed by atoms with Crippen molar-refractivity contribution in [3.63, 3.8) is 0 Å². The highest BCUT2D eigenvalue weighted by Crippen LogP contribution is 2.17. The third-order valence-corrected chi connectivity index (χ3v) is 4.39. The lowest BCUT2D eigenvalue weighted by Crippen LogP contribution is -2.32. The van der Waals surface area contributed by atoms with Gasteiger partial charge in [-0.05, 0) is 60.2 Å². The van der Waals surface area contributed by atoms with Crippen molar-refractivity contribution in [1.29, 1.82) is 0 Å². The molecule has 3 amide bonds. The second-order valence-corrected chi connectivity index (χ2v) is 6.79. The number of carbonyl (C=O) groups excluding carboxylic acids is 4. The second-order valence-electron chi connectivity index (χ2n) is 6.79. The molecule has 10 heteroatoms. The van der Waals surface area contributed by atoms with Gasteiger partial charge in [0.1, 0.15) is 11.5 Å². The number of hydrazone groups is 1. The van der Waals surface area contributed by atoms with Crippen LogP contribution in [0.1, 0.15) is 26.3 Å². The summed E-state index contributed by atoms with van der Waals surface area (Å²) < 4.78 is 10.5. The number of anilines is 1. The number of hydrogen-bond acceptors (Lipinski definition) is 7. The zero-order valence-electron chi connectivity index (χ0n) is 18.0. The van der Waals surface area contributed by atoms with E-state index in [-0.39, 0.29) is 11.3 Å². The predicted molar refractivity (Wildman–Crippen MR) is 124 cm³/mol. The Balaban J connectivity index is 1.55. The number of primary amides is 1. The lowest BCUT2D eigenvalue weighted by atomic mass is 10.2. The molecular weight excluding hydrogens is 440 g/mol.